The van der Waals surface area contributed by atoms with Gasteiger partial charge in [0.2, 0.25) is 0 Å². The van der Waals surface area contributed by atoms with Crippen LogP contribution in [0.15, 0.2) is 24.4 Å². The molecule has 4 heterocycles. The molecule has 0 atom stereocenters. The van der Waals surface area contributed by atoms with Crippen molar-refractivity contribution >= 4 is 11.7 Å². The molecular formula is C17H22N6O. The summed E-state index contributed by atoms with van der Waals surface area (Å²) < 4.78 is 0. The zero-order valence-corrected chi connectivity index (χ0v) is 13.6. The second-order valence-corrected chi connectivity index (χ2v) is 6.38. The first-order chi connectivity index (χ1) is 11.8. The van der Waals surface area contributed by atoms with Gasteiger partial charge >= 0.3 is 0 Å². The molecule has 0 unspecified atom stereocenters. The maximum absolute atomic E-state index is 12.6. The van der Waals surface area contributed by atoms with Crippen molar-refractivity contribution in [3.63, 3.8) is 0 Å². The lowest BCUT2D eigenvalue weighted by Gasteiger charge is -2.33. The van der Waals surface area contributed by atoms with E-state index in [0.29, 0.717) is 12.2 Å². The average Bonchev–Trinajstić information content (AvgIpc) is 3.07. The number of fused-ring (bicyclic) bond motifs is 1. The van der Waals surface area contributed by atoms with E-state index in [4.69, 9.17) is 0 Å². The second kappa shape index (κ2) is 6.60. The smallest absolute Gasteiger partial charge is 0.272 e. The Kier molecular flexibility index (Phi) is 4.17. The van der Waals surface area contributed by atoms with Gasteiger partial charge in [-0.15, -0.1) is 0 Å². The number of H-pyrrole nitrogens is 1. The Morgan fingerprint density at radius 2 is 2.17 bits per heavy atom. The minimum atomic E-state index is -0.0625. The van der Waals surface area contributed by atoms with Gasteiger partial charge in [-0.2, -0.15) is 5.10 Å². The number of aromatic amines is 1. The first-order valence-corrected chi connectivity index (χ1v) is 8.55. The van der Waals surface area contributed by atoms with Crippen molar-refractivity contribution in [3.8, 4) is 0 Å². The molecule has 4 rings (SSSR count). The third-order valence-corrected chi connectivity index (χ3v) is 4.82. The van der Waals surface area contributed by atoms with Gasteiger partial charge in [-0.3, -0.25) is 9.89 Å². The molecule has 1 amide bonds. The molecule has 2 aliphatic heterocycles. The summed E-state index contributed by atoms with van der Waals surface area (Å²) in [7, 11) is 0. The third-order valence-electron chi connectivity index (χ3n) is 4.82. The zero-order valence-electron chi connectivity index (χ0n) is 13.6. The van der Waals surface area contributed by atoms with Crippen molar-refractivity contribution in [1.29, 1.82) is 0 Å². The summed E-state index contributed by atoms with van der Waals surface area (Å²) in [6, 6.07) is 6.16. The monoisotopic (exact) mass is 326 g/mol. The average molecular weight is 326 g/mol. The molecule has 3 N–H and O–H groups in total. The minimum absolute atomic E-state index is 0.0625. The van der Waals surface area contributed by atoms with Crippen LogP contribution in [0.3, 0.4) is 0 Å². The Bertz CT molecular complexity index is 705. The van der Waals surface area contributed by atoms with E-state index in [1.54, 1.807) is 0 Å². The number of pyridine rings is 1. The maximum atomic E-state index is 12.6. The van der Waals surface area contributed by atoms with Crippen molar-refractivity contribution in [1.82, 2.24) is 25.8 Å². The number of nitrogens with one attached hydrogen (secondary N) is 3. The van der Waals surface area contributed by atoms with Crippen molar-refractivity contribution in [2.45, 2.75) is 31.8 Å². The molecule has 0 saturated carbocycles. The zero-order chi connectivity index (χ0) is 16.4. The van der Waals surface area contributed by atoms with Crippen molar-refractivity contribution < 1.29 is 4.79 Å². The quantitative estimate of drug-likeness (QED) is 0.778. The Labute approximate surface area is 140 Å². The lowest BCUT2D eigenvalue weighted by molar-refractivity contribution is 0.0925. The lowest BCUT2D eigenvalue weighted by Crippen LogP contribution is -2.45. The largest absolute Gasteiger partial charge is 0.356 e. The molecule has 0 bridgehead atoms. The molecular weight excluding hydrogens is 304 g/mol. The molecule has 2 aromatic heterocycles. The van der Waals surface area contributed by atoms with Crippen molar-refractivity contribution in [2.24, 2.45) is 0 Å². The number of amides is 1. The maximum Gasteiger partial charge on any atom is 0.272 e. The number of carbonyl (C=O) groups is 1. The number of anilines is 1. The lowest BCUT2D eigenvalue weighted by atomic mass is 10.0. The summed E-state index contributed by atoms with van der Waals surface area (Å²) in [5.41, 5.74) is 2.65. The number of hydrogen-bond donors (Lipinski definition) is 3. The first-order valence-electron chi connectivity index (χ1n) is 8.55. The summed E-state index contributed by atoms with van der Waals surface area (Å²) in [4.78, 5) is 19.2. The van der Waals surface area contributed by atoms with E-state index in [1.807, 2.05) is 24.4 Å². The summed E-state index contributed by atoms with van der Waals surface area (Å²) in [6.07, 6.45) is 4.57. The number of carbonyl (C=O) groups excluding carboxylic acids is 1. The van der Waals surface area contributed by atoms with E-state index in [0.717, 1.165) is 56.0 Å². The summed E-state index contributed by atoms with van der Waals surface area (Å²) in [5.74, 6) is 0.946. The van der Waals surface area contributed by atoms with Crippen LogP contribution in [-0.2, 0) is 13.0 Å². The number of hydrogen-bond acceptors (Lipinski definition) is 5. The van der Waals surface area contributed by atoms with Gasteiger partial charge in [-0.25, -0.2) is 4.98 Å². The molecule has 0 aliphatic carbocycles. The Morgan fingerprint density at radius 1 is 1.29 bits per heavy atom. The normalized spacial score (nSPS) is 18.2. The Morgan fingerprint density at radius 3 is 2.96 bits per heavy atom. The van der Waals surface area contributed by atoms with Gasteiger partial charge in [-0.1, -0.05) is 6.07 Å². The molecule has 0 spiro atoms. The van der Waals surface area contributed by atoms with Crippen LogP contribution < -0.4 is 15.5 Å². The van der Waals surface area contributed by atoms with Crippen molar-refractivity contribution in [2.75, 3.05) is 24.5 Å². The van der Waals surface area contributed by atoms with Gasteiger partial charge in [0.15, 0.2) is 5.69 Å². The van der Waals surface area contributed by atoms with E-state index in [1.165, 1.54) is 0 Å². The summed E-state index contributed by atoms with van der Waals surface area (Å²) in [5, 5.41) is 13.7. The fourth-order valence-electron chi connectivity index (χ4n) is 3.46. The van der Waals surface area contributed by atoms with Crippen LogP contribution in [-0.4, -0.2) is 46.8 Å². The Hall–Kier alpha value is -2.41. The summed E-state index contributed by atoms with van der Waals surface area (Å²) in [6.45, 7) is 3.46. The van der Waals surface area contributed by atoms with Crippen LogP contribution in [0.1, 0.15) is 34.6 Å². The highest BCUT2D eigenvalue weighted by Crippen LogP contribution is 2.19. The number of nitrogens with zero attached hydrogens (tertiary/aromatic N) is 3. The predicted octanol–water partition coefficient (Wildman–Crippen LogP) is 0.849. The topological polar surface area (TPSA) is 85.9 Å². The predicted molar refractivity (Wildman–Crippen MR) is 90.9 cm³/mol. The highest BCUT2D eigenvalue weighted by Gasteiger charge is 2.25. The SMILES string of the molecule is O=C(NC1CCN(c2ccccn2)CC1)c1n[nH]c2c1CNCC2. The number of piperidine rings is 1. The van der Waals surface area contributed by atoms with Crippen LogP contribution >= 0.6 is 0 Å². The van der Waals surface area contributed by atoms with Gasteiger partial charge in [-0.05, 0) is 25.0 Å². The molecule has 0 radical (unpaired) electrons. The van der Waals surface area contributed by atoms with Crippen LogP contribution in [0.2, 0.25) is 0 Å². The number of aromatic nitrogens is 3. The van der Waals surface area contributed by atoms with Crippen LogP contribution in [0.4, 0.5) is 5.82 Å². The van der Waals surface area contributed by atoms with Gasteiger partial charge in [0.1, 0.15) is 5.82 Å². The molecule has 7 heteroatoms. The van der Waals surface area contributed by atoms with Crippen molar-refractivity contribution in [3.05, 3.63) is 41.3 Å². The fourth-order valence-corrected chi connectivity index (χ4v) is 3.46. The molecule has 24 heavy (non-hydrogen) atoms. The molecule has 7 nitrogen and oxygen atoms in total. The van der Waals surface area contributed by atoms with Gasteiger partial charge < -0.3 is 15.5 Å². The molecule has 0 aromatic carbocycles. The molecule has 1 saturated heterocycles. The van der Waals surface area contributed by atoms with Crippen LogP contribution in [0.25, 0.3) is 0 Å². The first kappa shape index (κ1) is 15.1. The Balaban J connectivity index is 1.35. The molecule has 1 fully saturated rings. The minimum Gasteiger partial charge on any atom is -0.356 e. The van der Waals surface area contributed by atoms with E-state index < -0.39 is 0 Å². The van der Waals surface area contributed by atoms with Crippen LogP contribution in [0.5, 0.6) is 0 Å². The standard InChI is InChI=1S/C17H22N6O/c24-17(16-13-11-18-8-4-14(13)21-22-16)20-12-5-9-23(10-6-12)15-3-1-2-7-19-15/h1-3,7,12,18H,4-6,8-11H2,(H,20,24)(H,21,22). The van der Waals surface area contributed by atoms with E-state index >= 15 is 0 Å². The fraction of sp³-hybridized carbons (Fsp3) is 0.471. The highest BCUT2D eigenvalue weighted by atomic mass is 16.2. The second-order valence-electron chi connectivity index (χ2n) is 6.38. The van der Waals surface area contributed by atoms with Gasteiger partial charge in [0.25, 0.3) is 5.91 Å². The third kappa shape index (κ3) is 2.99. The van der Waals surface area contributed by atoms with Crippen LogP contribution in [0, 0.1) is 0 Å². The number of rotatable bonds is 3. The highest BCUT2D eigenvalue weighted by molar-refractivity contribution is 5.94. The molecule has 2 aromatic rings. The van der Waals surface area contributed by atoms with E-state index in [2.05, 4.69) is 30.7 Å². The molecule has 126 valence electrons. The van der Waals surface area contributed by atoms with E-state index in [9.17, 15) is 4.79 Å². The molecule has 2 aliphatic rings. The summed E-state index contributed by atoms with van der Waals surface area (Å²) >= 11 is 0. The van der Waals surface area contributed by atoms with Gasteiger partial charge in [0.05, 0.1) is 0 Å². The van der Waals surface area contributed by atoms with E-state index in [-0.39, 0.29) is 11.9 Å². The van der Waals surface area contributed by atoms with Gasteiger partial charge in [0, 0.05) is 56.1 Å².